The van der Waals surface area contributed by atoms with Gasteiger partial charge in [0, 0.05) is 31.5 Å². The van der Waals surface area contributed by atoms with Gasteiger partial charge in [0.05, 0.1) is 12.5 Å². The van der Waals surface area contributed by atoms with Gasteiger partial charge in [-0.25, -0.2) is 0 Å². The second-order valence-corrected chi connectivity index (χ2v) is 9.89. The number of esters is 1. The molecule has 0 amide bonds. The molecule has 2 aromatic carbocycles. The molecular formula is C28H29NO2S. The molecule has 0 spiro atoms. The molecule has 0 radical (unpaired) electrons. The topological polar surface area (TPSA) is 29.5 Å². The first-order valence-corrected chi connectivity index (χ1v) is 12.2. The summed E-state index contributed by atoms with van der Waals surface area (Å²) in [7, 11) is 1.54. The van der Waals surface area contributed by atoms with Crippen molar-refractivity contribution in [2.24, 2.45) is 11.3 Å². The van der Waals surface area contributed by atoms with Crippen molar-refractivity contribution in [3.05, 3.63) is 99.8 Å². The Hall–Kier alpha value is -2.69. The first kappa shape index (κ1) is 21.2. The van der Waals surface area contributed by atoms with Crippen molar-refractivity contribution in [1.29, 1.82) is 0 Å². The maximum absolute atomic E-state index is 13.6. The Bertz CT molecular complexity index is 1100. The molecule has 0 saturated carbocycles. The van der Waals surface area contributed by atoms with Crippen LogP contribution in [0.4, 0.5) is 0 Å². The van der Waals surface area contributed by atoms with Crippen LogP contribution < -0.4 is 0 Å². The van der Waals surface area contributed by atoms with Gasteiger partial charge in [-0.2, -0.15) is 11.3 Å². The predicted octanol–water partition coefficient (Wildman–Crippen LogP) is 5.92. The maximum atomic E-state index is 13.6. The number of carbonyl (C=O) groups is 1. The molecule has 164 valence electrons. The second-order valence-electron chi connectivity index (χ2n) is 9.11. The van der Waals surface area contributed by atoms with Crippen molar-refractivity contribution >= 4 is 22.9 Å². The van der Waals surface area contributed by atoms with Crippen LogP contribution in [0, 0.1) is 18.3 Å². The summed E-state index contributed by atoms with van der Waals surface area (Å²) in [6.45, 7) is 4.52. The van der Waals surface area contributed by atoms with Crippen LogP contribution in [0.5, 0.6) is 0 Å². The highest BCUT2D eigenvalue weighted by atomic mass is 32.1. The lowest BCUT2D eigenvalue weighted by molar-refractivity contribution is -0.155. The summed E-state index contributed by atoms with van der Waals surface area (Å²) in [5.41, 5.74) is 5.71. The Balaban J connectivity index is 1.60. The Labute approximate surface area is 194 Å². The lowest BCUT2D eigenvalue weighted by Gasteiger charge is -2.43. The molecule has 1 saturated heterocycles. The smallest absolute Gasteiger partial charge is 0.314 e. The fourth-order valence-electron chi connectivity index (χ4n) is 5.77. The van der Waals surface area contributed by atoms with E-state index in [2.05, 4.69) is 83.3 Å². The fourth-order valence-corrected chi connectivity index (χ4v) is 6.48. The van der Waals surface area contributed by atoms with E-state index in [1.165, 1.54) is 27.8 Å². The molecule has 3 aromatic rings. The van der Waals surface area contributed by atoms with Crippen LogP contribution in [-0.2, 0) is 16.1 Å². The maximum Gasteiger partial charge on any atom is 0.314 e. The van der Waals surface area contributed by atoms with Crippen LogP contribution in [-0.4, -0.2) is 31.1 Å². The van der Waals surface area contributed by atoms with Crippen molar-refractivity contribution in [1.82, 2.24) is 4.90 Å². The molecular weight excluding hydrogens is 414 g/mol. The molecule has 32 heavy (non-hydrogen) atoms. The standard InChI is InChI=1S/C28H29NO2S/c1-20-8-10-22(11-9-20)24-12-13-25(23-14-15-32-18-23)28(27(30)31-2)19-29(17-26(24)28)16-21-6-4-3-5-7-21/h3-12,14-15,18,25-26H,13,16-17,19H2,1-2H3. The Kier molecular flexibility index (Phi) is 5.75. The molecule has 3 unspecified atom stereocenters. The molecule has 4 heteroatoms. The van der Waals surface area contributed by atoms with Gasteiger partial charge >= 0.3 is 5.97 Å². The monoisotopic (exact) mass is 443 g/mol. The Morgan fingerprint density at radius 1 is 1.09 bits per heavy atom. The summed E-state index contributed by atoms with van der Waals surface area (Å²) in [6.07, 6.45) is 3.23. The number of hydrogen-bond acceptors (Lipinski definition) is 4. The third-order valence-corrected chi connectivity index (χ3v) is 7.96. The minimum Gasteiger partial charge on any atom is -0.469 e. The van der Waals surface area contributed by atoms with E-state index >= 15 is 0 Å². The van der Waals surface area contributed by atoms with E-state index in [1.54, 1.807) is 18.4 Å². The highest BCUT2D eigenvalue weighted by molar-refractivity contribution is 7.08. The summed E-state index contributed by atoms with van der Waals surface area (Å²) in [5, 5.41) is 4.32. The SMILES string of the molecule is COC(=O)C12CN(Cc3ccccc3)CC1C(c1ccc(C)cc1)=CCC2c1ccsc1. The van der Waals surface area contributed by atoms with Gasteiger partial charge in [0.25, 0.3) is 0 Å². The zero-order valence-electron chi connectivity index (χ0n) is 18.7. The molecule has 2 heterocycles. The number of rotatable bonds is 5. The van der Waals surface area contributed by atoms with Crippen LogP contribution in [0.15, 0.2) is 77.5 Å². The number of hydrogen-bond donors (Lipinski definition) is 0. The molecule has 1 fully saturated rings. The first-order chi connectivity index (χ1) is 15.6. The Morgan fingerprint density at radius 3 is 2.56 bits per heavy atom. The molecule has 5 rings (SSSR count). The number of benzene rings is 2. The van der Waals surface area contributed by atoms with Gasteiger partial charge in [0.15, 0.2) is 0 Å². The molecule has 1 aliphatic carbocycles. The minimum absolute atomic E-state index is 0.0769. The fraction of sp³-hybridized carbons (Fsp3) is 0.321. The molecule has 2 aliphatic rings. The lowest BCUT2D eigenvalue weighted by atomic mass is 9.59. The van der Waals surface area contributed by atoms with E-state index in [0.717, 1.165) is 19.5 Å². The molecule has 1 aromatic heterocycles. The number of thiophene rings is 1. The van der Waals surface area contributed by atoms with Crippen LogP contribution in [0.1, 0.15) is 34.6 Å². The van der Waals surface area contributed by atoms with Gasteiger partial charge < -0.3 is 4.74 Å². The van der Waals surface area contributed by atoms with Gasteiger partial charge in [-0.05, 0) is 52.4 Å². The van der Waals surface area contributed by atoms with Gasteiger partial charge in [0.2, 0.25) is 0 Å². The number of likely N-dealkylation sites (tertiary alicyclic amines) is 1. The van der Waals surface area contributed by atoms with Crippen LogP contribution >= 0.6 is 11.3 Å². The molecule has 0 N–H and O–H groups in total. The number of methoxy groups -OCH3 is 1. The molecule has 3 nitrogen and oxygen atoms in total. The summed E-state index contributed by atoms with van der Waals surface area (Å²) < 4.78 is 5.54. The molecule has 3 atom stereocenters. The van der Waals surface area contributed by atoms with Crippen molar-refractivity contribution in [3.63, 3.8) is 0 Å². The number of ether oxygens (including phenoxy) is 1. The highest BCUT2D eigenvalue weighted by Crippen LogP contribution is 2.57. The van der Waals surface area contributed by atoms with E-state index in [0.29, 0.717) is 6.54 Å². The van der Waals surface area contributed by atoms with E-state index < -0.39 is 5.41 Å². The van der Waals surface area contributed by atoms with Crippen LogP contribution in [0.3, 0.4) is 0 Å². The predicted molar refractivity (Wildman–Crippen MR) is 130 cm³/mol. The number of allylic oxidation sites excluding steroid dienone is 1. The van der Waals surface area contributed by atoms with Crippen molar-refractivity contribution in [2.75, 3.05) is 20.2 Å². The summed E-state index contributed by atoms with van der Waals surface area (Å²) in [4.78, 5) is 16.1. The largest absolute Gasteiger partial charge is 0.469 e. The van der Waals surface area contributed by atoms with Crippen molar-refractivity contribution in [2.45, 2.75) is 25.8 Å². The summed E-state index contributed by atoms with van der Waals surface area (Å²) >= 11 is 1.70. The average molecular weight is 444 g/mol. The normalized spacial score (nSPS) is 25.2. The quantitative estimate of drug-likeness (QED) is 0.459. The third-order valence-electron chi connectivity index (χ3n) is 7.26. The van der Waals surface area contributed by atoms with E-state index in [9.17, 15) is 4.79 Å². The highest BCUT2D eigenvalue weighted by Gasteiger charge is 2.60. The van der Waals surface area contributed by atoms with Crippen LogP contribution in [0.2, 0.25) is 0 Å². The van der Waals surface area contributed by atoms with Gasteiger partial charge in [-0.15, -0.1) is 0 Å². The van der Waals surface area contributed by atoms with Crippen molar-refractivity contribution < 1.29 is 9.53 Å². The van der Waals surface area contributed by atoms with Gasteiger partial charge in [-0.1, -0.05) is 66.2 Å². The van der Waals surface area contributed by atoms with Gasteiger partial charge in [0.1, 0.15) is 0 Å². The minimum atomic E-state index is -0.584. The number of nitrogens with zero attached hydrogens (tertiary/aromatic N) is 1. The molecule has 0 bridgehead atoms. The zero-order chi connectivity index (χ0) is 22.1. The zero-order valence-corrected chi connectivity index (χ0v) is 19.5. The van der Waals surface area contributed by atoms with E-state index in [4.69, 9.17) is 4.74 Å². The van der Waals surface area contributed by atoms with E-state index in [1.807, 2.05) is 6.07 Å². The van der Waals surface area contributed by atoms with Crippen LogP contribution in [0.25, 0.3) is 5.57 Å². The van der Waals surface area contributed by atoms with Gasteiger partial charge in [-0.3, -0.25) is 9.69 Å². The average Bonchev–Trinajstić information content (AvgIpc) is 3.48. The number of fused-ring (bicyclic) bond motifs is 1. The van der Waals surface area contributed by atoms with Crippen molar-refractivity contribution in [3.8, 4) is 0 Å². The van der Waals surface area contributed by atoms with E-state index in [-0.39, 0.29) is 17.8 Å². The third kappa shape index (κ3) is 3.62. The Morgan fingerprint density at radius 2 is 1.88 bits per heavy atom. The summed E-state index contributed by atoms with van der Waals surface area (Å²) in [6, 6.07) is 21.5. The number of carbonyl (C=O) groups excluding carboxylic acids is 1. The lowest BCUT2D eigenvalue weighted by Crippen LogP contribution is -2.47. The molecule has 1 aliphatic heterocycles. The number of aryl methyl sites for hydroxylation is 1. The first-order valence-electron chi connectivity index (χ1n) is 11.3. The summed E-state index contributed by atoms with van der Waals surface area (Å²) in [5.74, 6) is 0.146. The second kappa shape index (κ2) is 8.68.